The number of hydrogen-bond donors (Lipinski definition) is 0. The summed E-state index contributed by atoms with van der Waals surface area (Å²) in [6.07, 6.45) is 6.32. The van der Waals surface area contributed by atoms with Crippen LogP contribution in [0.4, 0.5) is 0 Å². The summed E-state index contributed by atoms with van der Waals surface area (Å²) in [6.45, 7) is 4.69. The number of hydrogen-bond acceptors (Lipinski definition) is 1. The molecule has 0 N–H and O–H groups in total. The first-order valence-electron chi connectivity index (χ1n) is 5.06. The number of carbonyl (C=O) groups is 1. The van der Waals surface area contributed by atoms with Crippen molar-refractivity contribution in [3.8, 4) is 0 Å². The van der Waals surface area contributed by atoms with Crippen LogP contribution in [0, 0.1) is 23.2 Å². The lowest BCUT2D eigenvalue weighted by Gasteiger charge is -2.34. The molecule has 12 heavy (non-hydrogen) atoms. The molecular formula is C11H18O. The van der Waals surface area contributed by atoms with Crippen LogP contribution in [-0.2, 0) is 4.79 Å². The molecule has 2 saturated carbocycles. The van der Waals surface area contributed by atoms with Crippen molar-refractivity contribution in [3.63, 3.8) is 0 Å². The Hall–Kier alpha value is -0.330. The van der Waals surface area contributed by atoms with E-state index in [1.165, 1.54) is 32.0 Å². The third-order valence-electron chi connectivity index (χ3n) is 3.68. The molecule has 2 rings (SSSR count). The fourth-order valence-corrected chi connectivity index (χ4v) is 3.42. The molecule has 2 aliphatic rings. The molecule has 2 bridgehead atoms. The van der Waals surface area contributed by atoms with Gasteiger partial charge in [-0.1, -0.05) is 13.8 Å². The summed E-state index contributed by atoms with van der Waals surface area (Å²) in [5.41, 5.74) is 0.505. The van der Waals surface area contributed by atoms with Crippen molar-refractivity contribution in [1.29, 1.82) is 0 Å². The van der Waals surface area contributed by atoms with Crippen LogP contribution in [0.3, 0.4) is 0 Å². The molecular weight excluding hydrogens is 148 g/mol. The van der Waals surface area contributed by atoms with Gasteiger partial charge in [-0.2, -0.15) is 0 Å². The lowest BCUT2D eigenvalue weighted by molar-refractivity contribution is -0.112. The number of fused-ring (bicyclic) bond motifs is 2. The van der Waals surface area contributed by atoms with Crippen LogP contribution < -0.4 is 0 Å². The van der Waals surface area contributed by atoms with Gasteiger partial charge in [0.15, 0.2) is 0 Å². The van der Waals surface area contributed by atoms with Gasteiger partial charge in [-0.3, -0.25) is 0 Å². The summed E-state index contributed by atoms with van der Waals surface area (Å²) < 4.78 is 0. The van der Waals surface area contributed by atoms with E-state index in [0.29, 0.717) is 11.3 Å². The van der Waals surface area contributed by atoms with E-state index in [2.05, 4.69) is 13.8 Å². The first-order chi connectivity index (χ1) is 5.61. The van der Waals surface area contributed by atoms with E-state index in [1.54, 1.807) is 0 Å². The van der Waals surface area contributed by atoms with Gasteiger partial charge in [-0.05, 0) is 42.9 Å². The summed E-state index contributed by atoms with van der Waals surface area (Å²) in [5, 5.41) is 0. The summed E-state index contributed by atoms with van der Waals surface area (Å²) in [6, 6.07) is 0. The minimum Gasteiger partial charge on any atom is -0.303 e. The largest absolute Gasteiger partial charge is 0.303 e. The molecule has 0 amide bonds. The van der Waals surface area contributed by atoms with Crippen LogP contribution in [0.1, 0.15) is 39.5 Å². The van der Waals surface area contributed by atoms with Crippen molar-refractivity contribution >= 4 is 6.29 Å². The second kappa shape index (κ2) is 2.58. The number of aldehydes is 1. The molecule has 0 aromatic carbocycles. The zero-order valence-electron chi connectivity index (χ0n) is 8.05. The van der Waals surface area contributed by atoms with Gasteiger partial charge in [-0.25, -0.2) is 0 Å². The maximum absolute atomic E-state index is 10.8. The van der Waals surface area contributed by atoms with Gasteiger partial charge in [0.2, 0.25) is 0 Å². The second-order valence-corrected chi connectivity index (χ2v) is 5.47. The van der Waals surface area contributed by atoms with Gasteiger partial charge in [0.25, 0.3) is 0 Å². The van der Waals surface area contributed by atoms with Crippen molar-refractivity contribution in [3.05, 3.63) is 0 Å². The lowest BCUT2D eigenvalue weighted by Crippen LogP contribution is -2.24. The first kappa shape index (κ1) is 8.28. The highest BCUT2D eigenvalue weighted by molar-refractivity contribution is 5.55. The predicted octanol–water partition coefficient (Wildman–Crippen LogP) is 2.65. The monoisotopic (exact) mass is 166 g/mol. The molecule has 0 radical (unpaired) electrons. The summed E-state index contributed by atoms with van der Waals surface area (Å²) in [7, 11) is 0. The molecule has 1 nitrogen and oxygen atoms in total. The molecule has 0 saturated heterocycles. The fraction of sp³-hybridized carbons (Fsp3) is 0.909. The Bertz CT molecular complexity index is 195. The standard InChI is InChI=1S/C11H18O/c1-11(2)5-8-3-9(6-11)10(4-8)7-12/h7-10H,3-6H2,1-2H3. The highest BCUT2D eigenvalue weighted by Gasteiger charge is 2.43. The molecule has 2 fully saturated rings. The number of rotatable bonds is 1. The molecule has 0 aromatic rings. The average Bonchev–Trinajstić information content (AvgIpc) is 2.24. The van der Waals surface area contributed by atoms with Crippen LogP contribution >= 0.6 is 0 Å². The third kappa shape index (κ3) is 1.30. The third-order valence-corrected chi connectivity index (χ3v) is 3.68. The van der Waals surface area contributed by atoms with E-state index < -0.39 is 0 Å². The van der Waals surface area contributed by atoms with Crippen LogP contribution in [0.5, 0.6) is 0 Å². The van der Waals surface area contributed by atoms with Gasteiger partial charge >= 0.3 is 0 Å². The molecule has 0 aliphatic heterocycles. The SMILES string of the molecule is CC1(C)CC2CC(C=O)C(C2)C1. The van der Waals surface area contributed by atoms with E-state index in [4.69, 9.17) is 0 Å². The molecule has 3 unspecified atom stereocenters. The fourth-order valence-electron chi connectivity index (χ4n) is 3.42. The van der Waals surface area contributed by atoms with Crippen molar-refractivity contribution in [1.82, 2.24) is 0 Å². The van der Waals surface area contributed by atoms with Crippen molar-refractivity contribution in [2.24, 2.45) is 23.2 Å². The molecule has 1 heteroatoms. The van der Waals surface area contributed by atoms with E-state index in [1.807, 2.05) is 0 Å². The molecule has 0 spiro atoms. The highest BCUT2D eigenvalue weighted by Crippen LogP contribution is 2.52. The second-order valence-electron chi connectivity index (χ2n) is 5.47. The molecule has 0 heterocycles. The van der Waals surface area contributed by atoms with E-state index in [9.17, 15) is 4.79 Å². The Morgan fingerprint density at radius 3 is 2.67 bits per heavy atom. The lowest BCUT2D eigenvalue weighted by atomic mass is 9.71. The Kier molecular flexibility index (Phi) is 1.78. The van der Waals surface area contributed by atoms with Gasteiger partial charge in [0.05, 0.1) is 0 Å². The van der Waals surface area contributed by atoms with Crippen LogP contribution in [-0.4, -0.2) is 6.29 Å². The molecule has 68 valence electrons. The first-order valence-corrected chi connectivity index (χ1v) is 5.06. The minimum atomic E-state index is 0.400. The molecule has 0 aromatic heterocycles. The maximum atomic E-state index is 10.8. The van der Waals surface area contributed by atoms with Crippen LogP contribution in [0.25, 0.3) is 0 Å². The van der Waals surface area contributed by atoms with E-state index in [0.717, 1.165) is 11.8 Å². The topological polar surface area (TPSA) is 17.1 Å². The Labute approximate surface area is 74.5 Å². The smallest absolute Gasteiger partial charge is 0.123 e. The van der Waals surface area contributed by atoms with E-state index in [-0.39, 0.29) is 0 Å². The summed E-state index contributed by atoms with van der Waals surface area (Å²) in [5.74, 6) is 1.97. The summed E-state index contributed by atoms with van der Waals surface area (Å²) >= 11 is 0. The normalized spacial score (nSPS) is 44.3. The molecule has 2 aliphatic carbocycles. The van der Waals surface area contributed by atoms with Gasteiger partial charge in [-0.15, -0.1) is 0 Å². The van der Waals surface area contributed by atoms with Crippen LogP contribution in [0.2, 0.25) is 0 Å². The summed E-state index contributed by atoms with van der Waals surface area (Å²) in [4.78, 5) is 10.8. The zero-order valence-corrected chi connectivity index (χ0v) is 8.05. The zero-order chi connectivity index (χ0) is 8.77. The minimum absolute atomic E-state index is 0.400. The Balaban J connectivity index is 2.13. The van der Waals surface area contributed by atoms with Gasteiger partial charge in [0.1, 0.15) is 6.29 Å². The Morgan fingerprint density at radius 2 is 2.00 bits per heavy atom. The average molecular weight is 166 g/mol. The van der Waals surface area contributed by atoms with E-state index >= 15 is 0 Å². The van der Waals surface area contributed by atoms with Crippen LogP contribution in [0.15, 0.2) is 0 Å². The van der Waals surface area contributed by atoms with Crippen molar-refractivity contribution < 1.29 is 4.79 Å². The van der Waals surface area contributed by atoms with Crippen molar-refractivity contribution in [2.75, 3.05) is 0 Å². The highest BCUT2D eigenvalue weighted by atomic mass is 16.1. The quantitative estimate of drug-likeness (QED) is 0.547. The van der Waals surface area contributed by atoms with Gasteiger partial charge < -0.3 is 4.79 Å². The van der Waals surface area contributed by atoms with Gasteiger partial charge in [0, 0.05) is 5.92 Å². The predicted molar refractivity (Wildman–Crippen MR) is 48.8 cm³/mol. The maximum Gasteiger partial charge on any atom is 0.123 e. The number of carbonyl (C=O) groups excluding carboxylic acids is 1. The molecule has 3 atom stereocenters. The van der Waals surface area contributed by atoms with Crippen molar-refractivity contribution in [2.45, 2.75) is 39.5 Å². The Morgan fingerprint density at radius 1 is 1.25 bits per heavy atom.